The number of hydrogen-bond donors (Lipinski definition) is 2. The van der Waals surface area contributed by atoms with E-state index < -0.39 is 0 Å². The molecular formula is C16H32N4O. The summed E-state index contributed by atoms with van der Waals surface area (Å²) >= 11 is 0. The summed E-state index contributed by atoms with van der Waals surface area (Å²) in [5, 5.41) is 11.9. The number of unbranched alkanes of at least 4 members (excludes halogenated alkanes) is 1. The van der Waals surface area contributed by atoms with Crippen LogP contribution in [0.4, 0.5) is 0 Å². The molecule has 0 aliphatic carbocycles. The molecule has 5 nitrogen and oxygen atoms in total. The highest BCUT2D eigenvalue weighted by Crippen LogP contribution is 2.24. The number of amidine groups is 1. The molecule has 5 heteroatoms. The largest absolute Gasteiger partial charge is 0.409 e. The molecule has 2 saturated heterocycles. The number of oxime groups is 1. The molecule has 0 spiro atoms. The molecule has 0 aromatic heterocycles. The lowest BCUT2D eigenvalue weighted by molar-refractivity contribution is 0.230. The normalized spacial score (nSPS) is 25.8. The van der Waals surface area contributed by atoms with Gasteiger partial charge in [-0.25, -0.2) is 0 Å². The smallest absolute Gasteiger partial charge is 0.144 e. The van der Waals surface area contributed by atoms with E-state index >= 15 is 0 Å². The predicted molar refractivity (Wildman–Crippen MR) is 86.7 cm³/mol. The first kappa shape index (κ1) is 16.6. The van der Waals surface area contributed by atoms with Crippen molar-refractivity contribution in [2.75, 3.05) is 32.7 Å². The van der Waals surface area contributed by atoms with Crippen molar-refractivity contribution in [3.05, 3.63) is 0 Å². The fraction of sp³-hybridized carbons (Fsp3) is 0.938. The zero-order chi connectivity index (χ0) is 15.3. The fourth-order valence-electron chi connectivity index (χ4n) is 3.59. The molecule has 1 atom stereocenters. The molecule has 0 aromatic carbocycles. The Hall–Kier alpha value is -0.810. The van der Waals surface area contributed by atoms with Crippen molar-refractivity contribution >= 4 is 5.84 Å². The number of hydrogen-bond acceptors (Lipinski definition) is 4. The Bertz CT molecular complexity index is 350. The summed E-state index contributed by atoms with van der Waals surface area (Å²) in [6.07, 6.45) is 7.43. The zero-order valence-corrected chi connectivity index (χ0v) is 13.7. The molecule has 2 fully saturated rings. The van der Waals surface area contributed by atoms with Gasteiger partial charge in [0.25, 0.3) is 0 Å². The Morgan fingerprint density at radius 1 is 1.24 bits per heavy atom. The van der Waals surface area contributed by atoms with Crippen molar-refractivity contribution in [2.45, 2.75) is 58.4 Å². The second-order valence-corrected chi connectivity index (χ2v) is 7.31. The van der Waals surface area contributed by atoms with Crippen LogP contribution in [0.2, 0.25) is 0 Å². The van der Waals surface area contributed by atoms with Crippen molar-refractivity contribution < 1.29 is 5.21 Å². The maximum absolute atomic E-state index is 8.78. The summed E-state index contributed by atoms with van der Waals surface area (Å²) in [5.74, 6) is 0.345. The molecule has 2 rings (SSSR count). The van der Waals surface area contributed by atoms with E-state index in [1.54, 1.807) is 0 Å². The number of rotatable bonds is 7. The zero-order valence-electron chi connectivity index (χ0n) is 13.7. The molecule has 0 radical (unpaired) electrons. The van der Waals surface area contributed by atoms with E-state index in [0.717, 1.165) is 18.9 Å². The lowest BCUT2D eigenvalue weighted by Gasteiger charge is -2.24. The highest BCUT2D eigenvalue weighted by molar-refractivity contribution is 5.85. The van der Waals surface area contributed by atoms with E-state index in [4.69, 9.17) is 10.9 Å². The maximum atomic E-state index is 8.78. The van der Waals surface area contributed by atoms with E-state index in [2.05, 4.69) is 15.0 Å². The molecular weight excluding hydrogens is 264 g/mol. The minimum Gasteiger partial charge on any atom is -0.409 e. The van der Waals surface area contributed by atoms with Crippen LogP contribution in [0.3, 0.4) is 0 Å². The minimum absolute atomic E-state index is 0.197. The van der Waals surface area contributed by atoms with E-state index in [1.165, 1.54) is 58.4 Å². The predicted octanol–water partition coefficient (Wildman–Crippen LogP) is 2.10. The van der Waals surface area contributed by atoms with Crippen LogP contribution in [0.5, 0.6) is 0 Å². The average Bonchev–Trinajstić information content (AvgIpc) is 3.13. The maximum Gasteiger partial charge on any atom is 0.144 e. The molecule has 0 aromatic rings. The molecule has 122 valence electrons. The fourth-order valence-corrected chi connectivity index (χ4v) is 3.59. The summed E-state index contributed by atoms with van der Waals surface area (Å²) < 4.78 is 0. The van der Waals surface area contributed by atoms with Crippen LogP contribution in [0.25, 0.3) is 0 Å². The second kappa shape index (κ2) is 7.45. The Labute approximate surface area is 129 Å². The summed E-state index contributed by atoms with van der Waals surface area (Å²) in [4.78, 5) is 5.29. The third-order valence-corrected chi connectivity index (χ3v) is 5.23. The highest BCUT2D eigenvalue weighted by Gasteiger charge is 2.29. The van der Waals surface area contributed by atoms with Gasteiger partial charge in [-0.15, -0.1) is 0 Å². The molecule has 0 amide bonds. The van der Waals surface area contributed by atoms with Crippen molar-refractivity contribution in [2.24, 2.45) is 16.3 Å². The van der Waals surface area contributed by atoms with Crippen LogP contribution in [-0.2, 0) is 0 Å². The Morgan fingerprint density at radius 3 is 2.62 bits per heavy atom. The first-order valence-electron chi connectivity index (χ1n) is 8.47. The van der Waals surface area contributed by atoms with E-state index in [1.807, 2.05) is 13.8 Å². The van der Waals surface area contributed by atoms with Gasteiger partial charge in [0.1, 0.15) is 5.84 Å². The van der Waals surface area contributed by atoms with Crippen molar-refractivity contribution in [1.82, 2.24) is 9.80 Å². The Kier molecular flexibility index (Phi) is 5.88. The second-order valence-electron chi connectivity index (χ2n) is 7.31. The summed E-state index contributed by atoms with van der Waals surface area (Å²) in [7, 11) is 0. The van der Waals surface area contributed by atoms with Gasteiger partial charge in [0.15, 0.2) is 0 Å². The summed E-state index contributed by atoms with van der Waals surface area (Å²) in [6.45, 7) is 10.4. The lowest BCUT2D eigenvalue weighted by atomic mass is 9.86. The van der Waals surface area contributed by atoms with Gasteiger partial charge in [0, 0.05) is 18.0 Å². The van der Waals surface area contributed by atoms with Crippen LogP contribution in [0.1, 0.15) is 52.4 Å². The van der Waals surface area contributed by atoms with E-state index in [-0.39, 0.29) is 5.41 Å². The summed E-state index contributed by atoms with van der Waals surface area (Å²) in [5.41, 5.74) is 5.53. The molecule has 2 aliphatic heterocycles. The van der Waals surface area contributed by atoms with Crippen molar-refractivity contribution in [3.8, 4) is 0 Å². The van der Waals surface area contributed by atoms with Crippen molar-refractivity contribution in [1.29, 1.82) is 0 Å². The van der Waals surface area contributed by atoms with Crippen LogP contribution in [-0.4, -0.2) is 59.6 Å². The van der Waals surface area contributed by atoms with Crippen LogP contribution < -0.4 is 5.73 Å². The minimum atomic E-state index is -0.197. The highest BCUT2D eigenvalue weighted by atomic mass is 16.4. The third-order valence-electron chi connectivity index (χ3n) is 5.23. The third kappa shape index (κ3) is 4.58. The van der Waals surface area contributed by atoms with Gasteiger partial charge in [-0.2, -0.15) is 0 Å². The van der Waals surface area contributed by atoms with E-state index in [9.17, 15) is 0 Å². The van der Waals surface area contributed by atoms with Crippen LogP contribution in [0.15, 0.2) is 5.16 Å². The van der Waals surface area contributed by atoms with Gasteiger partial charge in [0.05, 0.1) is 0 Å². The SMILES string of the molecule is CC(C)(CCCCN1CCC(N2CCCC2)C1)C(N)=NO. The average molecular weight is 296 g/mol. The molecule has 2 heterocycles. The lowest BCUT2D eigenvalue weighted by Crippen LogP contribution is -2.35. The topological polar surface area (TPSA) is 65.1 Å². The monoisotopic (exact) mass is 296 g/mol. The standard InChI is InChI=1S/C16H32N4O/c1-16(2,15(17)18-21)8-3-4-9-19-12-7-14(13-19)20-10-5-6-11-20/h14,21H,3-13H2,1-2H3,(H2,17,18). The van der Waals surface area contributed by atoms with Crippen molar-refractivity contribution in [3.63, 3.8) is 0 Å². The van der Waals surface area contributed by atoms with Gasteiger partial charge in [-0.1, -0.05) is 25.4 Å². The van der Waals surface area contributed by atoms with Gasteiger partial charge in [-0.05, 0) is 58.3 Å². The van der Waals surface area contributed by atoms with Crippen LogP contribution >= 0.6 is 0 Å². The van der Waals surface area contributed by atoms with Gasteiger partial charge >= 0.3 is 0 Å². The molecule has 21 heavy (non-hydrogen) atoms. The first-order chi connectivity index (χ1) is 10.0. The molecule has 1 unspecified atom stereocenters. The van der Waals surface area contributed by atoms with Crippen LogP contribution in [0, 0.1) is 5.41 Å². The Balaban J connectivity index is 1.61. The van der Waals surface area contributed by atoms with Gasteiger partial charge in [-0.3, -0.25) is 4.90 Å². The molecule has 0 saturated carbocycles. The van der Waals surface area contributed by atoms with E-state index in [0.29, 0.717) is 5.84 Å². The van der Waals surface area contributed by atoms with Gasteiger partial charge < -0.3 is 15.8 Å². The quantitative estimate of drug-likeness (QED) is 0.248. The molecule has 3 N–H and O–H groups in total. The first-order valence-corrected chi connectivity index (χ1v) is 8.47. The number of nitrogens with two attached hydrogens (primary N) is 1. The number of nitrogens with zero attached hydrogens (tertiary/aromatic N) is 3. The number of likely N-dealkylation sites (tertiary alicyclic amines) is 2. The Morgan fingerprint density at radius 2 is 1.95 bits per heavy atom. The molecule has 2 aliphatic rings. The van der Waals surface area contributed by atoms with Gasteiger partial charge in [0.2, 0.25) is 0 Å². The summed E-state index contributed by atoms with van der Waals surface area (Å²) in [6, 6.07) is 0.807. The molecule has 0 bridgehead atoms.